The van der Waals surface area contributed by atoms with Crippen LogP contribution in [0.2, 0.25) is 0 Å². The van der Waals surface area contributed by atoms with Crippen molar-refractivity contribution in [3.05, 3.63) is 0 Å². The normalized spacial score (nSPS) is 32.5. The molecule has 0 aromatic carbocycles. The molecule has 1 saturated heterocycles. The minimum absolute atomic E-state index is 0.0607. The molecule has 120 valence electrons. The van der Waals surface area contributed by atoms with Crippen molar-refractivity contribution in [2.45, 2.75) is 76.7 Å². The van der Waals surface area contributed by atoms with Gasteiger partial charge in [0, 0.05) is 6.42 Å². The second-order valence-electron chi connectivity index (χ2n) is 7.42. The number of rotatable bonds is 7. The number of carbonyl (C=O) groups is 1. The zero-order chi connectivity index (χ0) is 14.5. The predicted octanol–water partition coefficient (Wildman–Crippen LogP) is 3.76. The van der Waals surface area contributed by atoms with Gasteiger partial charge < -0.3 is 9.64 Å². The van der Waals surface area contributed by atoms with Crippen molar-refractivity contribution in [3.63, 3.8) is 0 Å². The van der Waals surface area contributed by atoms with E-state index >= 15 is 0 Å². The minimum Gasteiger partial charge on any atom is -0.462 e. The molecule has 2 aliphatic carbocycles. The van der Waals surface area contributed by atoms with Crippen LogP contribution < -0.4 is 0 Å². The van der Waals surface area contributed by atoms with Gasteiger partial charge in [0.2, 0.25) is 0 Å². The molecule has 3 fully saturated rings. The Hall–Kier alpha value is -0.570. The van der Waals surface area contributed by atoms with Crippen LogP contribution in [0.3, 0.4) is 0 Å². The van der Waals surface area contributed by atoms with Gasteiger partial charge in [-0.15, -0.1) is 0 Å². The molecule has 3 heteroatoms. The number of piperidine rings is 1. The lowest BCUT2D eigenvalue weighted by molar-refractivity contribution is -0.151. The Morgan fingerprint density at radius 3 is 2.57 bits per heavy atom. The molecule has 1 aliphatic heterocycles. The molecule has 3 aliphatic rings. The van der Waals surface area contributed by atoms with Gasteiger partial charge in [-0.1, -0.05) is 12.8 Å². The zero-order valence-electron chi connectivity index (χ0n) is 13.4. The number of hydrogen-bond acceptors (Lipinski definition) is 3. The molecule has 3 nitrogen and oxygen atoms in total. The van der Waals surface area contributed by atoms with Crippen molar-refractivity contribution in [1.82, 2.24) is 4.90 Å². The number of esters is 1. The molecular weight excluding hydrogens is 262 g/mol. The molecule has 2 saturated carbocycles. The zero-order valence-corrected chi connectivity index (χ0v) is 13.4. The van der Waals surface area contributed by atoms with Crippen molar-refractivity contribution >= 4 is 5.97 Å². The third-order valence-electron chi connectivity index (χ3n) is 5.76. The standard InChI is InChI=1S/C18H31NO2/c20-18(21-17-14-15-8-9-16(17)13-15)7-3-1-4-10-19-11-5-2-6-12-19/h15-17H,1-14H2. The van der Waals surface area contributed by atoms with Crippen LogP contribution in [0.15, 0.2) is 0 Å². The number of ether oxygens (including phenoxy) is 1. The van der Waals surface area contributed by atoms with Crippen LogP contribution in [0.4, 0.5) is 0 Å². The van der Waals surface area contributed by atoms with Gasteiger partial charge in [0.1, 0.15) is 6.10 Å². The highest BCUT2D eigenvalue weighted by molar-refractivity contribution is 5.69. The number of nitrogens with zero attached hydrogens (tertiary/aromatic N) is 1. The average molecular weight is 293 g/mol. The first-order valence-corrected chi connectivity index (χ1v) is 9.23. The summed E-state index contributed by atoms with van der Waals surface area (Å²) in [7, 11) is 0. The molecule has 21 heavy (non-hydrogen) atoms. The molecule has 2 bridgehead atoms. The van der Waals surface area contributed by atoms with Crippen LogP contribution in [0.25, 0.3) is 0 Å². The largest absolute Gasteiger partial charge is 0.462 e. The smallest absolute Gasteiger partial charge is 0.306 e. The molecule has 3 rings (SSSR count). The third kappa shape index (κ3) is 4.45. The summed E-state index contributed by atoms with van der Waals surface area (Å²) in [4.78, 5) is 14.5. The summed E-state index contributed by atoms with van der Waals surface area (Å²) in [5.41, 5.74) is 0. The van der Waals surface area contributed by atoms with E-state index in [4.69, 9.17) is 4.74 Å². The molecule has 3 unspecified atom stereocenters. The van der Waals surface area contributed by atoms with E-state index in [0.717, 1.165) is 18.8 Å². The highest BCUT2D eigenvalue weighted by atomic mass is 16.5. The fraction of sp³-hybridized carbons (Fsp3) is 0.944. The van der Waals surface area contributed by atoms with Gasteiger partial charge in [-0.05, 0) is 82.8 Å². The van der Waals surface area contributed by atoms with Gasteiger partial charge in [-0.2, -0.15) is 0 Å². The van der Waals surface area contributed by atoms with Crippen molar-refractivity contribution < 1.29 is 9.53 Å². The Morgan fingerprint density at radius 2 is 1.86 bits per heavy atom. The first-order valence-electron chi connectivity index (χ1n) is 9.23. The van der Waals surface area contributed by atoms with Gasteiger partial charge in [-0.3, -0.25) is 4.79 Å². The van der Waals surface area contributed by atoms with E-state index in [-0.39, 0.29) is 12.1 Å². The lowest BCUT2D eigenvalue weighted by atomic mass is 9.98. The summed E-state index contributed by atoms with van der Waals surface area (Å²) < 4.78 is 5.69. The molecule has 0 N–H and O–H groups in total. The topological polar surface area (TPSA) is 29.5 Å². The van der Waals surface area contributed by atoms with Crippen LogP contribution in [-0.4, -0.2) is 36.6 Å². The number of hydrogen-bond donors (Lipinski definition) is 0. The summed E-state index contributed by atoms with van der Waals surface area (Å²) in [6.07, 6.45) is 13.6. The van der Waals surface area contributed by atoms with Gasteiger partial charge in [0.15, 0.2) is 0 Å². The van der Waals surface area contributed by atoms with Crippen LogP contribution in [0.1, 0.15) is 70.6 Å². The molecule has 1 heterocycles. The quantitative estimate of drug-likeness (QED) is 0.528. The fourth-order valence-corrected chi connectivity index (χ4v) is 4.52. The van der Waals surface area contributed by atoms with Crippen LogP contribution in [0.5, 0.6) is 0 Å². The SMILES string of the molecule is O=C(CCCCCN1CCCCC1)OC1CC2CCC1C2. The average Bonchev–Trinajstić information content (AvgIpc) is 3.10. The minimum atomic E-state index is 0.0607. The molecule has 0 aromatic heterocycles. The van der Waals surface area contributed by atoms with E-state index in [1.807, 2.05) is 0 Å². The highest BCUT2D eigenvalue weighted by Gasteiger charge is 2.41. The van der Waals surface area contributed by atoms with Crippen molar-refractivity contribution in [2.24, 2.45) is 11.8 Å². The van der Waals surface area contributed by atoms with E-state index < -0.39 is 0 Å². The Labute approximate surface area is 129 Å². The first-order chi connectivity index (χ1) is 10.3. The molecule has 0 aromatic rings. The van der Waals surface area contributed by atoms with Crippen LogP contribution in [0, 0.1) is 11.8 Å². The maximum Gasteiger partial charge on any atom is 0.306 e. The number of fused-ring (bicyclic) bond motifs is 2. The Morgan fingerprint density at radius 1 is 1.00 bits per heavy atom. The third-order valence-corrected chi connectivity index (χ3v) is 5.76. The van der Waals surface area contributed by atoms with Gasteiger partial charge in [-0.25, -0.2) is 0 Å². The van der Waals surface area contributed by atoms with Crippen LogP contribution >= 0.6 is 0 Å². The van der Waals surface area contributed by atoms with Crippen molar-refractivity contribution in [1.29, 1.82) is 0 Å². The molecule has 0 spiro atoms. The summed E-state index contributed by atoms with van der Waals surface area (Å²) in [5, 5.41) is 0. The number of unbranched alkanes of at least 4 members (excludes halogenated alkanes) is 2. The monoisotopic (exact) mass is 293 g/mol. The van der Waals surface area contributed by atoms with Gasteiger partial charge in [0.25, 0.3) is 0 Å². The van der Waals surface area contributed by atoms with E-state index in [1.165, 1.54) is 71.0 Å². The first kappa shape index (κ1) is 15.3. The summed E-state index contributed by atoms with van der Waals surface area (Å²) in [6, 6.07) is 0. The lowest BCUT2D eigenvalue weighted by Crippen LogP contribution is -2.30. The second-order valence-corrected chi connectivity index (χ2v) is 7.42. The highest BCUT2D eigenvalue weighted by Crippen LogP contribution is 2.45. The fourth-order valence-electron chi connectivity index (χ4n) is 4.52. The summed E-state index contributed by atoms with van der Waals surface area (Å²) >= 11 is 0. The van der Waals surface area contributed by atoms with Crippen LogP contribution in [-0.2, 0) is 9.53 Å². The molecular formula is C18H31NO2. The second kappa shape index (κ2) is 7.62. The Bertz CT molecular complexity index is 338. The predicted molar refractivity (Wildman–Crippen MR) is 84.1 cm³/mol. The van der Waals surface area contributed by atoms with E-state index in [0.29, 0.717) is 12.3 Å². The Balaban J connectivity index is 1.21. The molecule has 3 atom stereocenters. The summed E-state index contributed by atoms with van der Waals surface area (Å²) in [6.45, 7) is 3.79. The van der Waals surface area contributed by atoms with Crippen molar-refractivity contribution in [2.75, 3.05) is 19.6 Å². The van der Waals surface area contributed by atoms with Gasteiger partial charge in [0.05, 0.1) is 0 Å². The maximum absolute atomic E-state index is 11.9. The van der Waals surface area contributed by atoms with Gasteiger partial charge >= 0.3 is 5.97 Å². The maximum atomic E-state index is 11.9. The van der Waals surface area contributed by atoms with E-state index in [1.54, 1.807) is 0 Å². The van der Waals surface area contributed by atoms with E-state index in [2.05, 4.69) is 4.90 Å². The Kier molecular flexibility index (Phi) is 5.56. The number of likely N-dealkylation sites (tertiary alicyclic amines) is 1. The number of carbonyl (C=O) groups excluding carboxylic acids is 1. The lowest BCUT2D eigenvalue weighted by Gasteiger charge is -2.26. The summed E-state index contributed by atoms with van der Waals surface area (Å²) in [5.74, 6) is 1.61. The molecule has 0 radical (unpaired) electrons. The molecule has 0 amide bonds. The van der Waals surface area contributed by atoms with E-state index in [9.17, 15) is 4.79 Å². The van der Waals surface area contributed by atoms with Crippen molar-refractivity contribution in [3.8, 4) is 0 Å².